The lowest BCUT2D eigenvalue weighted by Gasteiger charge is -2.13. The smallest absolute Gasteiger partial charge is 0.221 e. The second-order valence-electron chi connectivity index (χ2n) is 6.60. The maximum atomic E-state index is 13.5. The third kappa shape index (κ3) is 9.34. The van der Waals surface area contributed by atoms with Gasteiger partial charge in [-0.25, -0.2) is 9.38 Å². The molecule has 0 heterocycles. The Morgan fingerprint density at radius 2 is 1.83 bits per heavy atom. The van der Waals surface area contributed by atoms with Crippen molar-refractivity contribution in [3.05, 3.63) is 65.0 Å². The van der Waals surface area contributed by atoms with E-state index < -0.39 is 0 Å². The lowest BCUT2D eigenvalue weighted by atomic mass is 10.1. The fourth-order valence-corrected chi connectivity index (χ4v) is 3.41. The van der Waals surface area contributed by atoms with Crippen molar-refractivity contribution in [2.24, 2.45) is 4.99 Å². The number of hydrogen-bond acceptors (Lipinski definition) is 3. The number of benzene rings is 2. The van der Waals surface area contributed by atoms with Gasteiger partial charge in [0.05, 0.1) is 6.54 Å². The summed E-state index contributed by atoms with van der Waals surface area (Å²) in [6.45, 7) is 5.51. The maximum Gasteiger partial charge on any atom is 0.221 e. The first-order valence-electron chi connectivity index (χ1n) is 9.66. The Morgan fingerprint density at radius 3 is 2.47 bits per heavy atom. The number of thioether (sulfide) groups is 1. The summed E-state index contributed by atoms with van der Waals surface area (Å²) in [5.74, 6) is 1.21. The van der Waals surface area contributed by atoms with E-state index in [1.807, 2.05) is 43.5 Å². The lowest BCUT2D eigenvalue weighted by Crippen LogP contribution is -2.38. The minimum atomic E-state index is -0.212. The van der Waals surface area contributed by atoms with Gasteiger partial charge in [0.25, 0.3) is 0 Å². The second-order valence-corrected chi connectivity index (χ2v) is 7.46. The van der Waals surface area contributed by atoms with Crippen molar-refractivity contribution in [3.63, 3.8) is 0 Å². The van der Waals surface area contributed by atoms with Crippen LogP contribution in [-0.2, 0) is 23.5 Å². The van der Waals surface area contributed by atoms with E-state index >= 15 is 0 Å². The Kier molecular flexibility index (Phi) is 12.4. The summed E-state index contributed by atoms with van der Waals surface area (Å²) < 4.78 is 13.5. The van der Waals surface area contributed by atoms with E-state index in [2.05, 4.69) is 20.9 Å². The molecule has 5 nitrogen and oxygen atoms in total. The molecule has 2 aromatic rings. The number of aliphatic imine (C=N–C) groups is 1. The van der Waals surface area contributed by atoms with Crippen LogP contribution in [0.5, 0.6) is 0 Å². The van der Waals surface area contributed by atoms with Gasteiger partial charge in [0.2, 0.25) is 5.91 Å². The Balaban J connectivity index is 0.00000450. The number of rotatable bonds is 9. The van der Waals surface area contributed by atoms with Crippen LogP contribution in [0.2, 0.25) is 0 Å². The van der Waals surface area contributed by atoms with E-state index in [9.17, 15) is 9.18 Å². The van der Waals surface area contributed by atoms with Gasteiger partial charge in [0.1, 0.15) is 5.82 Å². The molecule has 2 aromatic carbocycles. The van der Waals surface area contributed by atoms with Gasteiger partial charge < -0.3 is 16.0 Å². The molecular weight excluding hydrogens is 514 g/mol. The van der Waals surface area contributed by atoms with E-state index in [4.69, 9.17) is 0 Å². The highest BCUT2D eigenvalue weighted by molar-refractivity contribution is 14.0. The van der Waals surface area contributed by atoms with Gasteiger partial charge in [-0.2, -0.15) is 11.8 Å². The SMILES string of the molecule is CCNC(=NCc1ccc(F)cc1CSC)NCCc1ccc(NC(C)=O)cc1.I. The molecule has 164 valence electrons. The van der Waals surface area contributed by atoms with Gasteiger partial charge in [0, 0.05) is 31.5 Å². The zero-order chi connectivity index (χ0) is 21.1. The summed E-state index contributed by atoms with van der Waals surface area (Å²) >= 11 is 1.67. The van der Waals surface area contributed by atoms with Gasteiger partial charge in [0.15, 0.2) is 5.96 Å². The fourth-order valence-electron chi connectivity index (χ4n) is 2.83. The zero-order valence-corrected chi connectivity index (χ0v) is 20.8. The van der Waals surface area contributed by atoms with Crippen molar-refractivity contribution < 1.29 is 9.18 Å². The molecule has 0 aliphatic carbocycles. The van der Waals surface area contributed by atoms with Crippen LogP contribution in [0.15, 0.2) is 47.5 Å². The molecule has 0 bridgehead atoms. The molecule has 8 heteroatoms. The van der Waals surface area contributed by atoms with E-state index in [0.29, 0.717) is 6.54 Å². The highest BCUT2D eigenvalue weighted by Gasteiger charge is 2.05. The topological polar surface area (TPSA) is 65.5 Å². The maximum absolute atomic E-state index is 13.5. The van der Waals surface area contributed by atoms with E-state index in [1.54, 1.807) is 17.8 Å². The molecule has 0 spiro atoms. The van der Waals surface area contributed by atoms with Crippen LogP contribution in [0.1, 0.15) is 30.5 Å². The first-order valence-corrected chi connectivity index (χ1v) is 11.1. The number of nitrogens with one attached hydrogen (secondary N) is 3. The Bertz CT molecular complexity index is 830. The molecule has 0 unspecified atom stereocenters. The fraction of sp³-hybridized carbons (Fsp3) is 0.364. The van der Waals surface area contributed by atoms with Crippen molar-refractivity contribution in [2.75, 3.05) is 24.7 Å². The average Bonchev–Trinajstić information content (AvgIpc) is 2.68. The third-order valence-corrected chi connectivity index (χ3v) is 4.80. The van der Waals surface area contributed by atoms with Crippen molar-refractivity contribution in [1.29, 1.82) is 0 Å². The average molecular weight is 544 g/mol. The van der Waals surface area contributed by atoms with Gasteiger partial charge in [-0.15, -0.1) is 24.0 Å². The molecule has 0 aromatic heterocycles. The van der Waals surface area contributed by atoms with Crippen LogP contribution in [0.3, 0.4) is 0 Å². The monoisotopic (exact) mass is 544 g/mol. The van der Waals surface area contributed by atoms with Crippen LogP contribution in [-0.4, -0.2) is 31.2 Å². The Morgan fingerprint density at radius 1 is 1.10 bits per heavy atom. The second kappa shape index (κ2) is 14.2. The number of guanidine groups is 1. The first kappa shape index (κ1) is 26.2. The van der Waals surface area contributed by atoms with Gasteiger partial charge in [-0.1, -0.05) is 18.2 Å². The van der Waals surface area contributed by atoms with Gasteiger partial charge in [-0.05, 0) is 60.6 Å². The number of anilines is 1. The van der Waals surface area contributed by atoms with Crippen LogP contribution in [0.4, 0.5) is 10.1 Å². The Hall–Kier alpha value is -1.81. The molecule has 0 aliphatic rings. The van der Waals surface area contributed by atoms with Crippen LogP contribution >= 0.6 is 35.7 Å². The number of carbonyl (C=O) groups excluding carboxylic acids is 1. The summed E-state index contributed by atoms with van der Waals surface area (Å²) in [6, 6.07) is 12.7. The molecule has 0 atom stereocenters. The quantitative estimate of drug-likeness (QED) is 0.246. The summed E-state index contributed by atoms with van der Waals surface area (Å²) in [7, 11) is 0. The molecule has 1 amide bonds. The number of hydrogen-bond donors (Lipinski definition) is 3. The molecular formula is C22H30FIN4OS. The van der Waals surface area contributed by atoms with Crippen LogP contribution in [0.25, 0.3) is 0 Å². The molecule has 0 radical (unpaired) electrons. The standard InChI is InChI=1S/C22H29FN4OS.HI/c1-4-24-22(26-14-18-7-8-20(23)13-19(18)15-29-3)25-12-11-17-5-9-21(10-6-17)27-16(2)28;/h5-10,13H,4,11-12,14-15H2,1-3H3,(H,27,28)(H2,24,25,26);1H. The number of amides is 1. The zero-order valence-electron chi connectivity index (χ0n) is 17.6. The molecule has 30 heavy (non-hydrogen) atoms. The number of nitrogens with zero attached hydrogens (tertiary/aromatic N) is 1. The minimum absolute atomic E-state index is 0. The minimum Gasteiger partial charge on any atom is -0.357 e. The van der Waals surface area contributed by atoms with Crippen molar-refractivity contribution in [1.82, 2.24) is 10.6 Å². The normalized spacial score (nSPS) is 10.9. The van der Waals surface area contributed by atoms with Crippen LogP contribution in [0, 0.1) is 5.82 Å². The predicted octanol–water partition coefficient (Wildman–Crippen LogP) is 4.56. The summed E-state index contributed by atoms with van der Waals surface area (Å²) in [5.41, 5.74) is 3.98. The summed E-state index contributed by atoms with van der Waals surface area (Å²) in [6.07, 6.45) is 2.84. The predicted molar refractivity (Wildman–Crippen MR) is 136 cm³/mol. The van der Waals surface area contributed by atoms with E-state index in [0.717, 1.165) is 48.0 Å². The largest absolute Gasteiger partial charge is 0.357 e. The molecule has 0 fully saturated rings. The van der Waals surface area contributed by atoms with Crippen molar-refractivity contribution in [2.45, 2.75) is 32.6 Å². The molecule has 0 saturated carbocycles. The van der Waals surface area contributed by atoms with E-state index in [1.165, 1.54) is 18.6 Å². The lowest BCUT2D eigenvalue weighted by molar-refractivity contribution is -0.114. The van der Waals surface area contributed by atoms with Crippen LogP contribution < -0.4 is 16.0 Å². The van der Waals surface area contributed by atoms with E-state index in [-0.39, 0.29) is 35.7 Å². The van der Waals surface area contributed by atoms with Crippen molar-refractivity contribution >= 4 is 53.3 Å². The van der Waals surface area contributed by atoms with Gasteiger partial charge in [-0.3, -0.25) is 4.79 Å². The molecule has 0 saturated heterocycles. The first-order chi connectivity index (χ1) is 14.0. The third-order valence-electron chi connectivity index (χ3n) is 4.20. The molecule has 3 N–H and O–H groups in total. The molecule has 0 aliphatic heterocycles. The summed E-state index contributed by atoms with van der Waals surface area (Å²) in [4.78, 5) is 15.7. The highest BCUT2D eigenvalue weighted by atomic mass is 127. The Labute approximate surface area is 199 Å². The summed E-state index contributed by atoms with van der Waals surface area (Å²) in [5, 5.41) is 9.35. The van der Waals surface area contributed by atoms with Gasteiger partial charge >= 0.3 is 0 Å². The molecule has 2 rings (SSSR count). The van der Waals surface area contributed by atoms with Crippen molar-refractivity contribution in [3.8, 4) is 0 Å². The highest BCUT2D eigenvalue weighted by Crippen LogP contribution is 2.17. The number of carbonyl (C=O) groups is 1. The number of halogens is 2.